The number of imide groups is 1. The SMILES string of the molecule is O=C(COC(=O)CN1C(=O)[C@H]2CCCC[C@@H]2C1=O)Nc1ccc2c(c1)CCC2. The molecular formula is C21H24N2O5. The Morgan fingerprint density at radius 2 is 1.68 bits per heavy atom. The Bertz CT molecular complexity index is 810. The van der Waals surface area contributed by atoms with Crippen LogP contribution in [0.5, 0.6) is 0 Å². The highest BCUT2D eigenvalue weighted by atomic mass is 16.5. The lowest BCUT2D eigenvalue weighted by atomic mass is 9.81. The quantitative estimate of drug-likeness (QED) is 0.618. The maximum atomic E-state index is 12.4. The van der Waals surface area contributed by atoms with Crippen molar-refractivity contribution in [2.45, 2.75) is 44.9 Å². The van der Waals surface area contributed by atoms with E-state index in [0.29, 0.717) is 18.5 Å². The van der Waals surface area contributed by atoms with Crippen molar-refractivity contribution in [1.82, 2.24) is 4.90 Å². The number of hydrogen-bond acceptors (Lipinski definition) is 5. The predicted molar refractivity (Wildman–Crippen MR) is 100 cm³/mol. The summed E-state index contributed by atoms with van der Waals surface area (Å²) in [6, 6.07) is 5.80. The van der Waals surface area contributed by atoms with Gasteiger partial charge in [-0.15, -0.1) is 0 Å². The number of carbonyl (C=O) groups is 4. The molecule has 2 fully saturated rings. The number of nitrogens with one attached hydrogen (secondary N) is 1. The molecule has 1 aliphatic heterocycles. The zero-order valence-corrected chi connectivity index (χ0v) is 15.7. The summed E-state index contributed by atoms with van der Waals surface area (Å²) in [5, 5.41) is 2.72. The maximum Gasteiger partial charge on any atom is 0.326 e. The third-order valence-electron chi connectivity index (χ3n) is 5.97. The van der Waals surface area contributed by atoms with Gasteiger partial charge in [-0.25, -0.2) is 0 Å². The van der Waals surface area contributed by atoms with E-state index in [-0.39, 0.29) is 23.7 Å². The Morgan fingerprint density at radius 1 is 1.00 bits per heavy atom. The summed E-state index contributed by atoms with van der Waals surface area (Å²) in [6.45, 7) is -0.865. The van der Waals surface area contributed by atoms with Crippen molar-refractivity contribution in [3.05, 3.63) is 29.3 Å². The van der Waals surface area contributed by atoms with Crippen molar-refractivity contribution in [1.29, 1.82) is 0 Å². The fraction of sp³-hybridized carbons (Fsp3) is 0.524. The van der Waals surface area contributed by atoms with E-state index in [9.17, 15) is 19.2 Å². The van der Waals surface area contributed by atoms with Crippen molar-refractivity contribution < 1.29 is 23.9 Å². The van der Waals surface area contributed by atoms with Crippen LogP contribution in [0.1, 0.15) is 43.2 Å². The van der Waals surface area contributed by atoms with Crippen LogP contribution in [0, 0.1) is 11.8 Å². The van der Waals surface area contributed by atoms with Crippen molar-refractivity contribution in [2.75, 3.05) is 18.5 Å². The van der Waals surface area contributed by atoms with Gasteiger partial charge in [0.05, 0.1) is 11.8 Å². The number of nitrogens with zero attached hydrogens (tertiary/aromatic N) is 1. The second-order valence-electron chi connectivity index (χ2n) is 7.81. The van der Waals surface area contributed by atoms with Crippen molar-refractivity contribution in [2.24, 2.45) is 11.8 Å². The molecule has 1 saturated heterocycles. The van der Waals surface area contributed by atoms with Gasteiger partial charge in [0, 0.05) is 5.69 Å². The summed E-state index contributed by atoms with van der Waals surface area (Å²) in [7, 11) is 0. The number of fused-ring (bicyclic) bond motifs is 2. The van der Waals surface area contributed by atoms with Gasteiger partial charge in [0.25, 0.3) is 5.91 Å². The molecule has 7 heteroatoms. The molecule has 3 amide bonds. The van der Waals surface area contributed by atoms with Crippen LogP contribution in [0.25, 0.3) is 0 Å². The second kappa shape index (κ2) is 7.73. The van der Waals surface area contributed by atoms with E-state index in [0.717, 1.165) is 37.0 Å². The van der Waals surface area contributed by atoms with Crippen LogP contribution >= 0.6 is 0 Å². The van der Waals surface area contributed by atoms with Gasteiger partial charge in [0.15, 0.2) is 6.61 Å². The molecule has 3 aliphatic rings. The van der Waals surface area contributed by atoms with E-state index in [2.05, 4.69) is 5.32 Å². The van der Waals surface area contributed by atoms with E-state index in [1.165, 1.54) is 11.1 Å². The fourth-order valence-electron chi connectivity index (χ4n) is 4.55. The highest BCUT2D eigenvalue weighted by Crippen LogP contribution is 2.37. The Balaban J connectivity index is 1.27. The Kier molecular flexibility index (Phi) is 5.15. The molecule has 7 nitrogen and oxygen atoms in total. The van der Waals surface area contributed by atoms with Crippen molar-refractivity contribution in [3.63, 3.8) is 0 Å². The molecule has 1 aromatic rings. The van der Waals surface area contributed by atoms with Gasteiger partial charge in [0.2, 0.25) is 11.8 Å². The fourth-order valence-corrected chi connectivity index (χ4v) is 4.55. The summed E-state index contributed by atoms with van der Waals surface area (Å²) in [5.41, 5.74) is 3.22. The normalized spacial score (nSPS) is 23.4. The largest absolute Gasteiger partial charge is 0.454 e. The van der Waals surface area contributed by atoms with Gasteiger partial charge in [0.1, 0.15) is 6.54 Å². The molecule has 0 bridgehead atoms. The van der Waals surface area contributed by atoms with Crippen LogP contribution in [0.15, 0.2) is 18.2 Å². The van der Waals surface area contributed by atoms with Gasteiger partial charge in [-0.2, -0.15) is 0 Å². The number of hydrogen-bond donors (Lipinski definition) is 1. The number of amides is 3. The molecule has 0 unspecified atom stereocenters. The highest BCUT2D eigenvalue weighted by molar-refractivity contribution is 6.07. The number of carbonyl (C=O) groups excluding carboxylic acids is 4. The van der Waals surface area contributed by atoms with Gasteiger partial charge in [-0.3, -0.25) is 24.1 Å². The van der Waals surface area contributed by atoms with Gasteiger partial charge < -0.3 is 10.1 Å². The first-order valence-electron chi connectivity index (χ1n) is 9.95. The molecule has 1 heterocycles. The first-order valence-corrected chi connectivity index (χ1v) is 9.95. The first-order chi connectivity index (χ1) is 13.5. The number of likely N-dealkylation sites (tertiary alicyclic amines) is 1. The van der Waals surface area contributed by atoms with Crippen LogP contribution in [0.2, 0.25) is 0 Å². The number of ether oxygens (including phenoxy) is 1. The minimum absolute atomic E-state index is 0.283. The summed E-state index contributed by atoms with van der Waals surface area (Å²) in [6.07, 6.45) is 6.46. The van der Waals surface area contributed by atoms with Crippen molar-refractivity contribution >= 4 is 29.4 Å². The Morgan fingerprint density at radius 3 is 2.39 bits per heavy atom. The molecule has 4 rings (SSSR count). The average Bonchev–Trinajstić information content (AvgIpc) is 3.25. The van der Waals surface area contributed by atoms with Crippen LogP contribution in [0.3, 0.4) is 0 Å². The molecule has 2 aliphatic carbocycles. The van der Waals surface area contributed by atoms with Crippen LogP contribution in [-0.4, -0.2) is 41.7 Å². The molecule has 1 N–H and O–H groups in total. The molecule has 28 heavy (non-hydrogen) atoms. The number of anilines is 1. The lowest BCUT2D eigenvalue weighted by Gasteiger charge is -2.19. The summed E-state index contributed by atoms with van der Waals surface area (Å²) in [5.74, 6) is -2.35. The highest BCUT2D eigenvalue weighted by Gasteiger charge is 2.48. The lowest BCUT2D eigenvalue weighted by Crippen LogP contribution is -2.37. The molecule has 0 spiro atoms. The second-order valence-corrected chi connectivity index (χ2v) is 7.81. The molecule has 148 valence electrons. The standard InChI is InChI=1S/C21H24N2O5/c24-18(22-15-9-8-13-4-3-5-14(13)10-15)12-28-19(25)11-23-20(26)16-6-1-2-7-17(16)21(23)27/h8-10,16-17H,1-7,11-12H2,(H,22,24)/t16-,17-/m0/s1. The van der Waals surface area contributed by atoms with Crippen LogP contribution < -0.4 is 5.32 Å². The van der Waals surface area contributed by atoms with Crippen LogP contribution in [0.4, 0.5) is 5.69 Å². The zero-order chi connectivity index (χ0) is 19.7. The number of aryl methyl sites for hydroxylation is 2. The number of esters is 1. The van der Waals surface area contributed by atoms with Gasteiger partial charge in [-0.1, -0.05) is 18.9 Å². The van der Waals surface area contributed by atoms with E-state index in [1.54, 1.807) is 0 Å². The molecule has 1 aromatic carbocycles. The summed E-state index contributed by atoms with van der Waals surface area (Å²) >= 11 is 0. The van der Waals surface area contributed by atoms with E-state index in [1.807, 2.05) is 18.2 Å². The summed E-state index contributed by atoms with van der Waals surface area (Å²) in [4.78, 5) is 49.9. The Hall–Kier alpha value is -2.70. The predicted octanol–water partition coefficient (Wildman–Crippen LogP) is 1.83. The first kappa shape index (κ1) is 18.7. The minimum atomic E-state index is -0.746. The lowest BCUT2D eigenvalue weighted by molar-refractivity contribution is -0.154. The third kappa shape index (κ3) is 3.66. The molecule has 0 aromatic heterocycles. The third-order valence-corrected chi connectivity index (χ3v) is 5.97. The minimum Gasteiger partial charge on any atom is -0.454 e. The summed E-state index contributed by atoms with van der Waals surface area (Å²) < 4.78 is 4.98. The van der Waals surface area contributed by atoms with Crippen LogP contribution in [-0.2, 0) is 36.8 Å². The zero-order valence-electron chi connectivity index (χ0n) is 15.7. The average molecular weight is 384 g/mol. The molecule has 2 atom stereocenters. The monoisotopic (exact) mass is 384 g/mol. The topological polar surface area (TPSA) is 92.8 Å². The van der Waals surface area contributed by atoms with Crippen molar-refractivity contribution in [3.8, 4) is 0 Å². The number of benzene rings is 1. The van der Waals surface area contributed by atoms with E-state index >= 15 is 0 Å². The van der Waals surface area contributed by atoms with E-state index in [4.69, 9.17) is 4.74 Å². The molecular weight excluding hydrogens is 360 g/mol. The Labute approximate surface area is 163 Å². The van der Waals surface area contributed by atoms with Gasteiger partial charge >= 0.3 is 5.97 Å². The smallest absolute Gasteiger partial charge is 0.326 e. The number of rotatable bonds is 5. The molecule has 1 saturated carbocycles. The molecule has 0 radical (unpaired) electrons. The maximum absolute atomic E-state index is 12.4. The van der Waals surface area contributed by atoms with Gasteiger partial charge in [-0.05, 0) is 55.4 Å². The van der Waals surface area contributed by atoms with E-state index < -0.39 is 25.0 Å².